The van der Waals surface area contributed by atoms with Gasteiger partial charge in [0.15, 0.2) is 17.0 Å². The lowest BCUT2D eigenvalue weighted by Crippen LogP contribution is -2.15. The van der Waals surface area contributed by atoms with E-state index in [2.05, 4.69) is 25.5 Å². The summed E-state index contributed by atoms with van der Waals surface area (Å²) in [6.07, 6.45) is 2.92. The number of amides is 1. The highest BCUT2D eigenvalue weighted by molar-refractivity contribution is 6.21. The summed E-state index contributed by atoms with van der Waals surface area (Å²) in [4.78, 5) is 33.5. The number of nitrogens with one attached hydrogen (secondary N) is 1. The van der Waals surface area contributed by atoms with Crippen molar-refractivity contribution in [2.75, 3.05) is 11.9 Å². The van der Waals surface area contributed by atoms with Crippen LogP contribution >= 0.6 is 11.6 Å². The molecule has 37 heavy (non-hydrogen) atoms. The first-order valence-electron chi connectivity index (χ1n) is 11.0. The molecule has 0 fully saturated rings. The minimum atomic E-state index is -3.70. The number of halogens is 3. The number of carbonyl (C=O) groups is 2. The standard InChI is InChI=1S/C24H18ClF2N7O3/c1-3-37-23(36)16-12-29-33-18(7-8-28-21(16)33)14-5-4-6-15(10-14)31-22(35)17-11-20-30-13(2)9-19(24(25,26)27)34(20)32-17/h4-12H,3H2,1-2H3,(H,31,35). The number of alkyl halides is 3. The van der Waals surface area contributed by atoms with Crippen LogP contribution in [-0.4, -0.2) is 47.7 Å². The quantitative estimate of drug-likeness (QED) is 0.257. The van der Waals surface area contributed by atoms with Gasteiger partial charge in [-0.3, -0.25) is 4.79 Å². The molecule has 0 radical (unpaired) electrons. The highest BCUT2D eigenvalue weighted by atomic mass is 35.5. The summed E-state index contributed by atoms with van der Waals surface area (Å²) in [6.45, 7) is 3.46. The molecule has 5 rings (SSSR count). The van der Waals surface area contributed by atoms with Crippen molar-refractivity contribution in [2.24, 2.45) is 0 Å². The summed E-state index contributed by atoms with van der Waals surface area (Å²) >= 11 is 5.22. The van der Waals surface area contributed by atoms with E-state index in [-0.39, 0.29) is 23.5 Å². The zero-order chi connectivity index (χ0) is 26.3. The van der Waals surface area contributed by atoms with Gasteiger partial charge in [0.1, 0.15) is 11.3 Å². The van der Waals surface area contributed by atoms with Crippen LogP contribution in [0.1, 0.15) is 39.2 Å². The van der Waals surface area contributed by atoms with Crippen LogP contribution in [0.15, 0.2) is 54.9 Å². The third kappa shape index (κ3) is 4.58. The molecule has 0 unspecified atom stereocenters. The van der Waals surface area contributed by atoms with Gasteiger partial charge in [0.2, 0.25) is 0 Å². The van der Waals surface area contributed by atoms with Crippen LogP contribution in [-0.2, 0) is 10.1 Å². The lowest BCUT2D eigenvalue weighted by molar-refractivity contribution is 0.0528. The minimum Gasteiger partial charge on any atom is -0.462 e. The second-order valence-corrected chi connectivity index (χ2v) is 8.43. The van der Waals surface area contributed by atoms with Gasteiger partial charge < -0.3 is 10.1 Å². The fourth-order valence-electron chi connectivity index (χ4n) is 3.83. The van der Waals surface area contributed by atoms with Crippen LogP contribution in [0.25, 0.3) is 22.6 Å². The molecular weight excluding hydrogens is 508 g/mol. The van der Waals surface area contributed by atoms with Crippen LogP contribution in [0.5, 0.6) is 0 Å². The summed E-state index contributed by atoms with van der Waals surface area (Å²) in [5, 5.41) is 7.26. The van der Waals surface area contributed by atoms with Crippen molar-refractivity contribution in [3.63, 3.8) is 0 Å². The first-order chi connectivity index (χ1) is 17.7. The number of anilines is 1. The van der Waals surface area contributed by atoms with Crippen molar-refractivity contribution >= 4 is 40.5 Å². The maximum absolute atomic E-state index is 13.9. The third-order valence-corrected chi connectivity index (χ3v) is 5.58. The van der Waals surface area contributed by atoms with E-state index in [9.17, 15) is 18.4 Å². The van der Waals surface area contributed by atoms with Gasteiger partial charge in [0, 0.05) is 29.2 Å². The van der Waals surface area contributed by atoms with E-state index in [1.165, 1.54) is 29.9 Å². The number of hydrogen-bond acceptors (Lipinski definition) is 7. The summed E-state index contributed by atoms with van der Waals surface area (Å²) in [6, 6.07) is 11.0. The van der Waals surface area contributed by atoms with Gasteiger partial charge >= 0.3 is 11.4 Å². The number of ether oxygens (including phenoxy) is 1. The molecule has 4 aromatic heterocycles. The number of fused-ring (bicyclic) bond motifs is 2. The number of hydrogen-bond donors (Lipinski definition) is 1. The fraction of sp³-hybridized carbons (Fsp3) is 0.167. The number of carbonyl (C=O) groups excluding carboxylic acids is 2. The lowest BCUT2D eigenvalue weighted by atomic mass is 10.1. The number of rotatable bonds is 6. The molecule has 0 saturated carbocycles. The third-order valence-electron chi connectivity index (χ3n) is 5.39. The van der Waals surface area contributed by atoms with Gasteiger partial charge in [-0.25, -0.2) is 23.8 Å². The van der Waals surface area contributed by atoms with Gasteiger partial charge in [0.05, 0.1) is 18.5 Å². The summed E-state index contributed by atoms with van der Waals surface area (Å²) < 4.78 is 35.1. The van der Waals surface area contributed by atoms with E-state index in [1.54, 1.807) is 37.3 Å². The Hall–Kier alpha value is -4.45. The van der Waals surface area contributed by atoms with E-state index < -0.39 is 23.0 Å². The second kappa shape index (κ2) is 9.21. The molecule has 0 atom stereocenters. The van der Waals surface area contributed by atoms with Crippen molar-refractivity contribution in [3.05, 3.63) is 77.5 Å². The van der Waals surface area contributed by atoms with E-state index in [4.69, 9.17) is 16.3 Å². The van der Waals surface area contributed by atoms with E-state index >= 15 is 0 Å². The Bertz CT molecular complexity index is 1680. The van der Waals surface area contributed by atoms with Crippen molar-refractivity contribution < 1.29 is 23.1 Å². The Balaban J connectivity index is 1.46. The van der Waals surface area contributed by atoms with E-state index in [1.807, 2.05) is 0 Å². The Morgan fingerprint density at radius 1 is 1.16 bits per heavy atom. The van der Waals surface area contributed by atoms with Crippen LogP contribution in [0.2, 0.25) is 0 Å². The van der Waals surface area contributed by atoms with Crippen LogP contribution in [0.4, 0.5) is 14.5 Å². The Morgan fingerprint density at radius 3 is 2.73 bits per heavy atom. The van der Waals surface area contributed by atoms with Crippen molar-refractivity contribution in [1.29, 1.82) is 0 Å². The molecule has 1 N–H and O–H groups in total. The zero-order valence-electron chi connectivity index (χ0n) is 19.4. The number of esters is 1. The molecule has 188 valence electrons. The van der Waals surface area contributed by atoms with E-state index in [0.29, 0.717) is 28.3 Å². The number of aromatic nitrogens is 6. The van der Waals surface area contributed by atoms with Gasteiger partial charge in [0.25, 0.3) is 5.91 Å². The summed E-state index contributed by atoms with van der Waals surface area (Å²) in [5.41, 5.74) is 1.88. The topological polar surface area (TPSA) is 116 Å². The normalized spacial score (nSPS) is 11.7. The SMILES string of the molecule is CCOC(=O)c1cnn2c(-c3cccc(NC(=O)c4cc5nc(C)cc(C(F)(F)Cl)n5n4)c3)ccnc12. The molecule has 13 heteroatoms. The fourth-order valence-corrected chi connectivity index (χ4v) is 3.96. The molecule has 0 spiro atoms. The van der Waals surface area contributed by atoms with Crippen LogP contribution < -0.4 is 5.32 Å². The predicted octanol–water partition coefficient (Wildman–Crippen LogP) is 4.46. The average molecular weight is 526 g/mol. The molecule has 5 aromatic rings. The Morgan fingerprint density at radius 2 is 1.97 bits per heavy atom. The van der Waals surface area contributed by atoms with Gasteiger partial charge in [-0.15, -0.1) is 0 Å². The lowest BCUT2D eigenvalue weighted by Gasteiger charge is -2.10. The molecule has 4 heterocycles. The van der Waals surface area contributed by atoms with Gasteiger partial charge in [-0.2, -0.15) is 19.0 Å². The largest absolute Gasteiger partial charge is 0.462 e. The number of aryl methyl sites for hydroxylation is 1. The molecule has 1 aromatic carbocycles. The molecule has 0 bridgehead atoms. The van der Waals surface area contributed by atoms with Crippen molar-refractivity contribution in [2.45, 2.75) is 19.2 Å². The first kappa shape index (κ1) is 24.3. The molecule has 0 saturated heterocycles. The van der Waals surface area contributed by atoms with Gasteiger partial charge in [-0.05, 0) is 49.7 Å². The smallest absolute Gasteiger partial charge is 0.364 e. The highest BCUT2D eigenvalue weighted by Gasteiger charge is 2.32. The maximum Gasteiger partial charge on any atom is 0.364 e. The summed E-state index contributed by atoms with van der Waals surface area (Å²) in [7, 11) is 0. The second-order valence-electron chi connectivity index (χ2n) is 7.96. The van der Waals surface area contributed by atoms with E-state index in [0.717, 1.165) is 10.6 Å². The summed E-state index contributed by atoms with van der Waals surface area (Å²) in [5.74, 6) is -1.16. The maximum atomic E-state index is 13.9. The average Bonchev–Trinajstić information content (AvgIpc) is 3.47. The molecule has 0 aliphatic rings. The molecule has 0 aliphatic heterocycles. The predicted molar refractivity (Wildman–Crippen MR) is 130 cm³/mol. The minimum absolute atomic E-state index is 0.0597. The number of nitrogens with zero attached hydrogens (tertiary/aromatic N) is 6. The highest BCUT2D eigenvalue weighted by Crippen LogP contribution is 2.33. The Kier molecular flexibility index (Phi) is 6.04. The Labute approximate surface area is 212 Å². The number of benzene rings is 1. The van der Waals surface area contributed by atoms with Gasteiger partial charge in [-0.1, -0.05) is 12.1 Å². The zero-order valence-corrected chi connectivity index (χ0v) is 20.2. The van der Waals surface area contributed by atoms with Crippen LogP contribution in [0, 0.1) is 6.92 Å². The molecule has 1 amide bonds. The van der Waals surface area contributed by atoms with Crippen LogP contribution in [0.3, 0.4) is 0 Å². The molecular formula is C24H18ClF2N7O3. The molecule has 10 nitrogen and oxygen atoms in total. The van der Waals surface area contributed by atoms with Crippen molar-refractivity contribution in [1.82, 2.24) is 29.2 Å². The monoisotopic (exact) mass is 525 g/mol. The van der Waals surface area contributed by atoms with Crippen molar-refractivity contribution in [3.8, 4) is 11.3 Å². The first-order valence-corrected chi connectivity index (χ1v) is 11.4. The molecule has 0 aliphatic carbocycles.